The summed E-state index contributed by atoms with van der Waals surface area (Å²) in [4.78, 5) is 28.3. The molecule has 0 spiro atoms. The highest BCUT2D eigenvalue weighted by Crippen LogP contribution is 2.59. The normalized spacial score (nSPS) is 35.7. The number of amides is 1. The third-order valence-electron chi connectivity index (χ3n) is 5.74. The molecule has 2 aliphatic heterocycles. The third-order valence-corrected chi connectivity index (χ3v) is 5.74. The van der Waals surface area contributed by atoms with Crippen molar-refractivity contribution in [1.29, 1.82) is 0 Å². The minimum atomic E-state index is -0.829. The van der Waals surface area contributed by atoms with Crippen LogP contribution >= 0.6 is 0 Å². The molecule has 3 fully saturated rings. The zero-order valence-electron chi connectivity index (χ0n) is 13.0. The van der Waals surface area contributed by atoms with Gasteiger partial charge in [0.25, 0.3) is 0 Å². The van der Waals surface area contributed by atoms with Crippen molar-refractivity contribution < 1.29 is 14.7 Å². The molecule has 5 nitrogen and oxygen atoms in total. The van der Waals surface area contributed by atoms with Crippen LogP contribution in [0, 0.1) is 17.3 Å². The molecular formula is C16H26N2O3. The number of carbonyl (C=O) groups excluding carboxylic acids is 1. The summed E-state index contributed by atoms with van der Waals surface area (Å²) in [6.45, 7) is 7.68. The highest BCUT2D eigenvalue weighted by Gasteiger charge is 2.66. The maximum Gasteiger partial charge on any atom is 0.307 e. The van der Waals surface area contributed by atoms with Crippen LogP contribution in [0.25, 0.3) is 0 Å². The fourth-order valence-electron chi connectivity index (χ4n) is 4.28. The van der Waals surface area contributed by atoms with E-state index in [9.17, 15) is 14.7 Å². The zero-order valence-corrected chi connectivity index (χ0v) is 13.0. The van der Waals surface area contributed by atoms with Gasteiger partial charge in [0.1, 0.15) is 0 Å². The van der Waals surface area contributed by atoms with Gasteiger partial charge in [-0.05, 0) is 37.8 Å². The number of rotatable bonds is 3. The Balaban J connectivity index is 1.59. The predicted octanol–water partition coefficient (Wildman–Crippen LogP) is 1.43. The van der Waals surface area contributed by atoms with Gasteiger partial charge >= 0.3 is 5.97 Å². The highest BCUT2D eigenvalue weighted by molar-refractivity contribution is 5.91. The largest absolute Gasteiger partial charge is 0.481 e. The Hall–Kier alpha value is -1.10. The lowest BCUT2D eigenvalue weighted by Gasteiger charge is -2.32. The fourth-order valence-corrected chi connectivity index (χ4v) is 4.28. The Morgan fingerprint density at radius 1 is 1.05 bits per heavy atom. The molecule has 2 saturated heterocycles. The van der Waals surface area contributed by atoms with E-state index in [1.54, 1.807) is 0 Å². The predicted molar refractivity (Wildman–Crippen MR) is 78.8 cm³/mol. The fraction of sp³-hybridized carbons (Fsp3) is 0.875. The molecule has 1 saturated carbocycles. The van der Waals surface area contributed by atoms with Crippen molar-refractivity contribution in [3.8, 4) is 0 Å². The molecule has 0 bridgehead atoms. The van der Waals surface area contributed by atoms with Crippen molar-refractivity contribution in [1.82, 2.24) is 9.80 Å². The van der Waals surface area contributed by atoms with Crippen molar-refractivity contribution >= 4 is 11.9 Å². The minimum Gasteiger partial charge on any atom is -0.481 e. The van der Waals surface area contributed by atoms with Crippen LogP contribution in [-0.2, 0) is 9.59 Å². The zero-order chi connectivity index (χ0) is 15.2. The number of carbonyl (C=O) groups is 2. The lowest BCUT2D eigenvalue weighted by Crippen LogP contribution is -2.42. The van der Waals surface area contributed by atoms with Crippen LogP contribution in [-0.4, -0.2) is 59.0 Å². The van der Waals surface area contributed by atoms with Crippen LogP contribution in [0.2, 0.25) is 0 Å². The van der Waals surface area contributed by atoms with E-state index in [0.717, 1.165) is 32.6 Å². The van der Waals surface area contributed by atoms with Gasteiger partial charge in [0.05, 0.1) is 11.8 Å². The minimum absolute atomic E-state index is 0.0620. The first-order valence-corrected chi connectivity index (χ1v) is 8.18. The number of nitrogens with zero attached hydrogens (tertiary/aromatic N) is 2. The van der Waals surface area contributed by atoms with Crippen molar-refractivity contribution in [2.45, 2.75) is 45.6 Å². The number of carboxylic acid groups (broad SMARTS) is 1. The molecular weight excluding hydrogens is 268 g/mol. The summed E-state index contributed by atoms with van der Waals surface area (Å²) in [5, 5.41) is 9.23. The molecule has 3 aliphatic rings. The number of carboxylic acids is 1. The van der Waals surface area contributed by atoms with Crippen molar-refractivity contribution in [3.05, 3.63) is 0 Å². The summed E-state index contributed by atoms with van der Waals surface area (Å²) in [5.74, 6) is -1.59. The molecule has 2 heterocycles. The van der Waals surface area contributed by atoms with Crippen LogP contribution in [0.1, 0.15) is 39.5 Å². The van der Waals surface area contributed by atoms with Gasteiger partial charge in [0, 0.05) is 19.1 Å². The van der Waals surface area contributed by atoms with Crippen LogP contribution in [0.4, 0.5) is 0 Å². The summed E-state index contributed by atoms with van der Waals surface area (Å²) in [6.07, 6.45) is 4.89. The quantitative estimate of drug-likeness (QED) is 0.855. The van der Waals surface area contributed by atoms with Gasteiger partial charge in [0.15, 0.2) is 0 Å². The van der Waals surface area contributed by atoms with Crippen LogP contribution < -0.4 is 0 Å². The van der Waals surface area contributed by atoms with Crippen molar-refractivity contribution in [2.75, 3.05) is 26.2 Å². The Morgan fingerprint density at radius 3 is 2.29 bits per heavy atom. The van der Waals surface area contributed by atoms with Crippen LogP contribution in [0.5, 0.6) is 0 Å². The van der Waals surface area contributed by atoms with Crippen LogP contribution in [0.3, 0.4) is 0 Å². The molecule has 1 aliphatic carbocycles. The van der Waals surface area contributed by atoms with E-state index in [2.05, 4.69) is 4.90 Å². The first-order valence-electron chi connectivity index (χ1n) is 8.18. The molecule has 21 heavy (non-hydrogen) atoms. The van der Waals surface area contributed by atoms with E-state index in [1.165, 1.54) is 19.3 Å². The van der Waals surface area contributed by atoms with E-state index in [-0.39, 0.29) is 17.2 Å². The lowest BCUT2D eigenvalue weighted by molar-refractivity contribution is -0.141. The Morgan fingerprint density at radius 2 is 1.71 bits per heavy atom. The number of piperidine rings is 1. The molecule has 0 aromatic carbocycles. The highest BCUT2D eigenvalue weighted by atomic mass is 16.4. The third kappa shape index (κ3) is 2.56. The second-order valence-corrected chi connectivity index (χ2v) is 7.44. The summed E-state index contributed by atoms with van der Waals surface area (Å²) < 4.78 is 0. The van der Waals surface area contributed by atoms with E-state index < -0.39 is 11.9 Å². The second-order valence-electron chi connectivity index (χ2n) is 7.44. The van der Waals surface area contributed by atoms with E-state index >= 15 is 0 Å². The van der Waals surface area contributed by atoms with E-state index in [0.29, 0.717) is 6.04 Å². The topological polar surface area (TPSA) is 60.9 Å². The summed E-state index contributed by atoms with van der Waals surface area (Å²) in [7, 11) is 0. The molecule has 1 unspecified atom stereocenters. The smallest absolute Gasteiger partial charge is 0.307 e. The standard InChI is InChI=1S/C16H26N2O3/c1-16(2)12(13(16)15(20)21)14(19)18-9-6-11(10-18)17-7-4-3-5-8-17/h11-13H,3-10H2,1-2H3,(H,20,21)/t11?,12-,13+/m1/s1. The number of likely N-dealkylation sites (tertiary alicyclic amines) is 2. The molecule has 0 radical (unpaired) electrons. The molecule has 118 valence electrons. The van der Waals surface area contributed by atoms with Gasteiger partial charge in [-0.25, -0.2) is 0 Å². The molecule has 3 rings (SSSR count). The maximum absolute atomic E-state index is 12.6. The molecule has 5 heteroatoms. The SMILES string of the molecule is CC1(C)[C@H](C(=O)O)[C@@H]1C(=O)N1CCC(N2CCCCC2)C1. The Labute approximate surface area is 126 Å². The Kier molecular flexibility index (Phi) is 3.72. The molecule has 1 N–H and O–H groups in total. The van der Waals surface area contributed by atoms with Crippen LogP contribution in [0.15, 0.2) is 0 Å². The maximum atomic E-state index is 12.6. The number of aliphatic carboxylic acids is 1. The van der Waals surface area contributed by atoms with Gasteiger partial charge in [0.2, 0.25) is 5.91 Å². The summed E-state index contributed by atoms with van der Waals surface area (Å²) >= 11 is 0. The lowest BCUT2D eigenvalue weighted by atomic mass is 10.1. The van der Waals surface area contributed by atoms with Crippen molar-refractivity contribution in [2.24, 2.45) is 17.3 Å². The summed E-state index contributed by atoms with van der Waals surface area (Å²) in [5.41, 5.74) is -0.383. The molecule has 1 amide bonds. The molecule has 0 aromatic heterocycles. The average molecular weight is 294 g/mol. The van der Waals surface area contributed by atoms with Crippen molar-refractivity contribution in [3.63, 3.8) is 0 Å². The van der Waals surface area contributed by atoms with Gasteiger partial charge < -0.3 is 10.0 Å². The first kappa shape index (κ1) is 14.8. The molecule has 0 aromatic rings. The molecule has 3 atom stereocenters. The second kappa shape index (κ2) is 5.27. The van der Waals surface area contributed by atoms with Gasteiger partial charge in [-0.15, -0.1) is 0 Å². The van der Waals surface area contributed by atoms with E-state index in [4.69, 9.17) is 0 Å². The van der Waals surface area contributed by atoms with Gasteiger partial charge in [-0.3, -0.25) is 14.5 Å². The monoisotopic (exact) mass is 294 g/mol. The van der Waals surface area contributed by atoms with Gasteiger partial charge in [-0.2, -0.15) is 0 Å². The average Bonchev–Trinajstić information content (AvgIpc) is 2.84. The number of hydrogen-bond donors (Lipinski definition) is 1. The number of hydrogen-bond acceptors (Lipinski definition) is 3. The van der Waals surface area contributed by atoms with Gasteiger partial charge in [-0.1, -0.05) is 20.3 Å². The van der Waals surface area contributed by atoms with E-state index in [1.807, 2.05) is 18.7 Å². The Bertz CT molecular complexity index is 443. The summed E-state index contributed by atoms with van der Waals surface area (Å²) in [6, 6.07) is 0.486. The first-order chi connectivity index (χ1) is 9.93.